The maximum Gasteiger partial charge on any atom is 0.163 e. The predicted molar refractivity (Wildman–Crippen MR) is 89.0 cm³/mol. The standard InChI is InChI=1S/C19H28O4/c1-14(20)11-18(2,3)17-16(22-19(4,5)23-17)13-21-12-15-9-7-6-8-10-15/h6-10,16-17H,11-13H2,1-5H3/t16-,17+/m0/s1. The van der Waals surface area contributed by atoms with Crippen molar-refractivity contribution in [2.24, 2.45) is 5.41 Å². The summed E-state index contributed by atoms with van der Waals surface area (Å²) in [5.74, 6) is -0.494. The third kappa shape index (κ3) is 5.13. The Morgan fingerprint density at radius 2 is 1.87 bits per heavy atom. The molecule has 1 fully saturated rings. The molecule has 2 rings (SSSR count). The molecule has 4 heteroatoms. The molecule has 0 aromatic heterocycles. The van der Waals surface area contributed by atoms with Gasteiger partial charge in [0.15, 0.2) is 5.79 Å². The molecule has 0 N–H and O–H groups in total. The SMILES string of the molecule is CC(=O)CC(C)(C)[C@@H]1OC(C)(C)O[C@H]1COCc1ccccc1. The molecule has 0 amide bonds. The Balaban J connectivity index is 1.98. The quantitative estimate of drug-likeness (QED) is 0.768. The van der Waals surface area contributed by atoms with Crippen LogP contribution in [-0.2, 0) is 25.6 Å². The van der Waals surface area contributed by atoms with Crippen molar-refractivity contribution in [3.63, 3.8) is 0 Å². The van der Waals surface area contributed by atoms with E-state index in [-0.39, 0.29) is 23.4 Å². The lowest BCUT2D eigenvalue weighted by Crippen LogP contribution is -2.41. The summed E-state index contributed by atoms with van der Waals surface area (Å²) < 4.78 is 17.9. The fourth-order valence-electron chi connectivity index (χ4n) is 3.23. The van der Waals surface area contributed by atoms with Gasteiger partial charge in [-0.05, 0) is 26.3 Å². The van der Waals surface area contributed by atoms with Crippen molar-refractivity contribution >= 4 is 5.78 Å². The molecule has 1 heterocycles. The molecule has 1 aliphatic rings. The van der Waals surface area contributed by atoms with Gasteiger partial charge in [0, 0.05) is 11.8 Å². The second-order valence-electron chi connectivity index (χ2n) is 7.46. The van der Waals surface area contributed by atoms with Gasteiger partial charge in [-0.1, -0.05) is 44.2 Å². The minimum atomic E-state index is -0.653. The molecular weight excluding hydrogens is 292 g/mol. The predicted octanol–water partition coefficient (Wildman–Crippen LogP) is 3.73. The number of ketones is 1. The minimum absolute atomic E-state index is 0.160. The smallest absolute Gasteiger partial charge is 0.163 e. The highest BCUT2D eigenvalue weighted by atomic mass is 16.8. The summed E-state index contributed by atoms with van der Waals surface area (Å²) in [5.41, 5.74) is 0.839. The maximum atomic E-state index is 11.6. The Morgan fingerprint density at radius 1 is 1.22 bits per heavy atom. The van der Waals surface area contributed by atoms with E-state index in [2.05, 4.69) is 0 Å². The molecule has 2 atom stereocenters. The van der Waals surface area contributed by atoms with E-state index in [9.17, 15) is 4.79 Å². The van der Waals surface area contributed by atoms with Gasteiger partial charge in [0.05, 0.1) is 19.3 Å². The lowest BCUT2D eigenvalue weighted by atomic mass is 9.79. The average Bonchev–Trinajstić information content (AvgIpc) is 2.75. The van der Waals surface area contributed by atoms with Gasteiger partial charge in [0.25, 0.3) is 0 Å². The zero-order chi connectivity index (χ0) is 17.1. The molecule has 0 spiro atoms. The topological polar surface area (TPSA) is 44.8 Å². The van der Waals surface area contributed by atoms with E-state index in [4.69, 9.17) is 14.2 Å². The molecule has 23 heavy (non-hydrogen) atoms. The van der Waals surface area contributed by atoms with Crippen molar-refractivity contribution in [3.8, 4) is 0 Å². The monoisotopic (exact) mass is 320 g/mol. The number of carbonyl (C=O) groups excluding carboxylic acids is 1. The van der Waals surface area contributed by atoms with E-state index in [0.717, 1.165) is 5.56 Å². The largest absolute Gasteiger partial charge is 0.374 e. The van der Waals surface area contributed by atoms with Crippen LogP contribution in [0.4, 0.5) is 0 Å². The third-order valence-electron chi connectivity index (χ3n) is 4.05. The van der Waals surface area contributed by atoms with Crippen molar-refractivity contribution in [3.05, 3.63) is 35.9 Å². The summed E-state index contributed by atoms with van der Waals surface area (Å²) in [5, 5.41) is 0. The van der Waals surface area contributed by atoms with Gasteiger partial charge in [0.1, 0.15) is 11.9 Å². The van der Waals surface area contributed by atoms with Crippen LogP contribution in [0.1, 0.15) is 46.6 Å². The first kappa shape index (κ1) is 18.1. The molecular formula is C19H28O4. The first-order chi connectivity index (χ1) is 10.7. The summed E-state index contributed by atoms with van der Waals surface area (Å²) in [6.45, 7) is 10.5. The van der Waals surface area contributed by atoms with Crippen LogP contribution in [0.2, 0.25) is 0 Å². The normalized spacial score (nSPS) is 23.9. The van der Waals surface area contributed by atoms with Crippen LogP contribution in [0.3, 0.4) is 0 Å². The molecule has 0 aliphatic carbocycles. The van der Waals surface area contributed by atoms with Crippen LogP contribution in [0.5, 0.6) is 0 Å². The van der Waals surface area contributed by atoms with Gasteiger partial charge >= 0.3 is 0 Å². The second kappa shape index (κ2) is 7.12. The number of Topliss-reactive ketones (excluding diaryl/α,β-unsaturated/α-hetero) is 1. The number of hydrogen-bond donors (Lipinski definition) is 0. The molecule has 1 aromatic carbocycles. The first-order valence-electron chi connectivity index (χ1n) is 8.16. The van der Waals surface area contributed by atoms with Crippen molar-refractivity contribution in [2.45, 2.75) is 65.6 Å². The van der Waals surface area contributed by atoms with E-state index in [1.807, 2.05) is 58.0 Å². The molecule has 1 saturated heterocycles. The minimum Gasteiger partial charge on any atom is -0.374 e. The van der Waals surface area contributed by atoms with Gasteiger partial charge in [-0.3, -0.25) is 0 Å². The molecule has 0 bridgehead atoms. The van der Waals surface area contributed by atoms with Crippen LogP contribution < -0.4 is 0 Å². The van der Waals surface area contributed by atoms with Crippen molar-refractivity contribution in [1.82, 2.24) is 0 Å². The lowest BCUT2D eigenvalue weighted by Gasteiger charge is -2.33. The number of rotatable bonds is 7. The van der Waals surface area contributed by atoms with Crippen LogP contribution in [0, 0.1) is 5.41 Å². The van der Waals surface area contributed by atoms with Crippen molar-refractivity contribution < 1.29 is 19.0 Å². The molecule has 0 saturated carbocycles. The number of ether oxygens (including phenoxy) is 3. The Bertz CT molecular complexity index is 521. The highest BCUT2D eigenvalue weighted by Gasteiger charge is 2.48. The van der Waals surface area contributed by atoms with Crippen molar-refractivity contribution in [2.75, 3.05) is 6.61 Å². The molecule has 0 unspecified atom stereocenters. The van der Waals surface area contributed by atoms with Gasteiger partial charge in [-0.15, -0.1) is 0 Å². The number of hydrogen-bond acceptors (Lipinski definition) is 4. The lowest BCUT2D eigenvalue weighted by molar-refractivity contribution is -0.159. The Morgan fingerprint density at radius 3 is 2.48 bits per heavy atom. The number of benzene rings is 1. The Hall–Kier alpha value is -1.23. The van der Waals surface area contributed by atoms with Gasteiger partial charge in [0.2, 0.25) is 0 Å². The summed E-state index contributed by atoms with van der Waals surface area (Å²) >= 11 is 0. The van der Waals surface area contributed by atoms with E-state index >= 15 is 0 Å². The summed E-state index contributed by atoms with van der Waals surface area (Å²) in [4.78, 5) is 11.6. The van der Waals surface area contributed by atoms with Gasteiger partial charge in [-0.2, -0.15) is 0 Å². The highest BCUT2D eigenvalue weighted by Crippen LogP contribution is 2.40. The van der Waals surface area contributed by atoms with Crippen molar-refractivity contribution in [1.29, 1.82) is 0 Å². The fraction of sp³-hybridized carbons (Fsp3) is 0.632. The van der Waals surface area contributed by atoms with Crippen LogP contribution in [0.15, 0.2) is 30.3 Å². The third-order valence-corrected chi connectivity index (χ3v) is 4.05. The van der Waals surface area contributed by atoms with E-state index < -0.39 is 5.79 Å². The molecule has 128 valence electrons. The van der Waals surface area contributed by atoms with E-state index in [1.54, 1.807) is 6.92 Å². The Kier molecular flexibility index (Phi) is 5.61. The second-order valence-corrected chi connectivity index (χ2v) is 7.46. The first-order valence-corrected chi connectivity index (χ1v) is 8.16. The zero-order valence-electron chi connectivity index (χ0n) is 14.8. The zero-order valence-corrected chi connectivity index (χ0v) is 14.8. The van der Waals surface area contributed by atoms with Crippen LogP contribution in [-0.4, -0.2) is 30.4 Å². The van der Waals surface area contributed by atoms with E-state index in [1.165, 1.54) is 0 Å². The van der Waals surface area contributed by atoms with Crippen LogP contribution in [0.25, 0.3) is 0 Å². The highest BCUT2D eigenvalue weighted by molar-refractivity contribution is 5.76. The van der Waals surface area contributed by atoms with Gasteiger partial charge < -0.3 is 19.0 Å². The van der Waals surface area contributed by atoms with Gasteiger partial charge in [-0.25, -0.2) is 0 Å². The average molecular weight is 320 g/mol. The molecule has 1 aromatic rings. The fourth-order valence-corrected chi connectivity index (χ4v) is 3.23. The molecule has 0 radical (unpaired) electrons. The summed E-state index contributed by atoms with van der Waals surface area (Å²) in [6.07, 6.45) is 0.118. The molecule has 1 aliphatic heterocycles. The summed E-state index contributed by atoms with van der Waals surface area (Å²) in [6, 6.07) is 10.0. The Labute approximate surface area is 139 Å². The summed E-state index contributed by atoms with van der Waals surface area (Å²) in [7, 11) is 0. The molecule has 4 nitrogen and oxygen atoms in total. The number of carbonyl (C=O) groups is 1. The van der Waals surface area contributed by atoms with Crippen LogP contribution >= 0.6 is 0 Å². The van der Waals surface area contributed by atoms with E-state index in [0.29, 0.717) is 19.6 Å². The maximum absolute atomic E-state index is 11.6.